The fourth-order valence-corrected chi connectivity index (χ4v) is 4.82. The van der Waals surface area contributed by atoms with Gasteiger partial charge in [-0.1, -0.05) is 30.3 Å². The van der Waals surface area contributed by atoms with Crippen LogP contribution in [0, 0.1) is 0 Å². The molecule has 3 aromatic heterocycles. The minimum atomic E-state index is -0.317. The van der Waals surface area contributed by atoms with Crippen molar-refractivity contribution in [1.82, 2.24) is 45.6 Å². The van der Waals surface area contributed by atoms with E-state index in [2.05, 4.69) is 36.0 Å². The van der Waals surface area contributed by atoms with Crippen molar-refractivity contribution in [2.24, 2.45) is 7.05 Å². The summed E-state index contributed by atoms with van der Waals surface area (Å²) < 4.78 is 1.68. The Hall–Kier alpha value is -5.39. The zero-order chi connectivity index (χ0) is 27.6. The van der Waals surface area contributed by atoms with Gasteiger partial charge in [-0.3, -0.25) is 14.3 Å². The molecule has 2 amide bonds. The summed E-state index contributed by atoms with van der Waals surface area (Å²) in [6.45, 7) is 0.955. The first-order valence-corrected chi connectivity index (χ1v) is 12.7. The minimum Gasteiger partial charge on any atom is -0.383 e. The highest BCUT2D eigenvalue weighted by atomic mass is 16.2. The lowest BCUT2D eigenvalue weighted by molar-refractivity contribution is 0.0783. The van der Waals surface area contributed by atoms with Gasteiger partial charge in [-0.2, -0.15) is 10.3 Å². The Morgan fingerprint density at radius 2 is 1.82 bits per heavy atom. The van der Waals surface area contributed by atoms with E-state index in [-0.39, 0.29) is 23.7 Å². The number of hydrogen-bond acceptors (Lipinski definition) is 8. The van der Waals surface area contributed by atoms with E-state index < -0.39 is 0 Å². The summed E-state index contributed by atoms with van der Waals surface area (Å²) in [5.74, 6) is 0.273. The number of anilines is 1. The number of carbonyl (C=O) groups excluding carboxylic acids is 2. The largest absolute Gasteiger partial charge is 0.383 e. The number of nitrogens with zero attached hydrogens (tertiary/aromatic N) is 7. The number of aromatic nitrogens is 7. The summed E-state index contributed by atoms with van der Waals surface area (Å²) in [5.41, 5.74) is 11.3. The number of hydrogen-bond donors (Lipinski definition) is 3. The minimum absolute atomic E-state index is 0.0800. The monoisotopic (exact) mass is 534 g/mol. The summed E-state index contributed by atoms with van der Waals surface area (Å²) in [4.78, 5) is 32.2. The summed E-state index contributed by atoms with van der Waals surface area (Å²) >= 11 is 0. The summed E-state index contributed by atoms with van der Waals surface area (Å²) in [5, 5.41) is 21.3. The Morgan fingerprint density at radius 3 is 2.58 bits per heavy atom. The van der Waals surface area contributed by atoms with Crippen LogP contribution in [-0.2, 0) is 7.05 Å². The van der Waals surface area contributed by atoms with E-state index in [9.17, 15) is 9.59 Å². The van der Waals surface area contributed by atoms with Crippen LogP contribution in [-0.4, -0.2) is 71.2 Å². The van der Waals surface area contributed by atoms with Crippen LogP contribution in [0.2, 0.25) is 0 Å². The molecule has 1 unspecified atom stereocenters. The van der Waals surface area contributed by atoms with Crippen LogP contribution in [0.3, 0.4) is 0 Å². The number of carbonyl (C=O) groups is 2. The third-order valence-electron chi connectivity index (χ3n) is 6.94. The molecule has 12 nitrogen and oxygen atoms in total. The third-order valence-corrected chi connectivity index (χ3v) is 6.94. The molecule has 4 N–H and O–H groups in total. The van der Waals surface area contributed by atoms with Crippen molar-refractivity contribution >= 4 is 17.6 Å². The number of likely N-dealkylation sites (tertiary alicyclic amines) is 1. The van der Waals surface area contributed by atoms with Gasteiger partial charge < -0.3 is 16.0 Å². The molecular weight excluding hydrogens is 508 g/mol. The van der Waals surface area contributed by atoms with Crippen LogP contribution in [0.4, 0.5) is 5.82 Å². The normalized spacial score (nSPS) is 14.8. The molecular formula is C28H26N10O2. The number of rotatable bonds is 6. The molecule has 0 spiro atoms. The van der Waals surface area contributed by atoms with Gasteiger partial charge in [0.25, 0.3) is 11.8 Å². The Balaban J connectivity index is 1.10. The number of aromatic amines is 1. The molecule has 0 aliphatic carbocycles. The lowest BCUT2D eigenvalue weighted by Gasteiger charge is -2.18. The maximum absolute atomic E-state index is 13.2. The maximum atomic E-state index is 13.2. The van der Waals surface area contributed by atoms with E-state index in [0.29, 0.717) is 36.5 Å². The topological polar surface area (TPSA) is 161 Å². The van der Waals surface area contributed by atoms with Crippen LogP contribution < -0.4 is 11.1 Å². The fraction of sp³-hybridized carbons (Fsp3) is 0.179. The molecule has 1 fully saturated rings. The van der Waals surface area contributed by atoms with Crippen molar-refractivity contribution < 1.29 is 9.59 Å². The molecule has 12 heteroatoms. The Labute approximate surface area is 229 Å². The highest BCUT2D eigenvalue weighted by Gasteiger charge is 2.29. The highest BCUT2D eigenvalue weighted by molar-refractivity contribution is 6.00. The highest BCUT2D eigenvalue weighted by Crippen LogP contribution is 2.26. The average Bonchev–Trinajstić information content (AvgIpc) is 3.76. The Kier molecular flexibility index (Phi) is 6.48. The number of tetrazole rings is 1. The third kappa shape index (κ3) is 5.01. The number of aryl methyl sites for hydroxylation is 1. The van der Waals surface area contributed by atoms with Crippen molar-refractivity contribution in [2.45, 2.75) is 12.5 Å². The first kappa shape index (κ1) is 24.9. The predicted octanol–water partition coefficient (Wildman–Crippen LogP) is 2.56. The van der Waals surface area contributed by atoms with Gasteiger partial charge in [0.05, 0.1) is 11.8 Å². The van der Waals surface area contributed by atoms with Gasteiger partial charge in [0.15, 0.2) is 0 Å². The average molecular weight is 535 g/mol. The molecule has 2 aromatic carbocycles. The zero-order valence-electron chi connectivity index (χ0n) is 21.7. The van der Waals surface area contributed by atoms with Gasteiger partial charge in [0.1, 0.15) is 5.82 Å². The summed E-state index contributed by atoms with van der Waals surface area (Å²) in [6.07, 6.45) is 5.81. The van der Waals surface area contributed by atoms with Gasteiger partial charge in [0.2, 0.25) is 5.82 Å². The number of nitrogen functional groups attached to an aromatic ring is 1. The maximum Gasteiger partial charge on any atom is 0.255 e. The number of nitrogens with one attached hydrogen (secondary N) is 2. The number of H-pyrrole nitrogens is 1. The molecule has 200 valence electrons. The van der Waals surface area contributed by atoms with E-state index in [4.69, 9.17) is 5.73 Å². The van der Waals surface area contributed by atoms with E-state index in [1.54, 1.807) is 28.0 Å². The molecule has 1 atom stereocenters. The van der Waals surface area contributed by atoms with Gasteiger partial charge in [-0.05, 0) is 47.0 Å². The van der Waals surface area contributed by atoms with Crippen molar-refractivity contribution in [2.75, 3.05) is 18.8 Å². The molecule has 0 saturated carbocycles. The molecule has 6 rings (SSSR count). The quantitative estimate of drug-likeness (QED) is 0.300. The van der Waals surface area contributed by atoms with Crippen LogP contribution in [0.5, 0.6) is 0 Å². The number of pyridine rings is 1. The van der Waals surface area contributed by atoms with Gasteiger partial charge in [0, 0.05) is 60.8 Å². The van der Waals surface area contributed by atoms with Gasteiger partial charge >= 0.3 is 0 Å². The predicted molar refractivity (Wildman–Crippen MR) is 148 cm³/mol. The number of amides is 2. The molecule has 0 radical (unpaired) electrons. The van der Waals surface area contributed by atoms with Crippen LogP contribution in [0.15, 0.2) is 73.2 Å². The molecule has 1 aliphatic heterocycles. The second-order valence-electron chi connectivity index (χ2n) is 9.66. The van der Waals surface area contributed by atoms with E-state index in [0.717, 1.165) is 27.8 Å². The molecule has 5 aromatic rings. The van der Waals surface area contributed by atoms with Crippen molar-refractivity contribution in [3.63, 3.8) is 0 Å². The SMILES string of the molecule is Cn1cc(-c2cnc(N)c(C(=O)NC3CCN(C(=O)c4ccc(-c5cccc(-c6nn[nH]n6)c5)cc4)C3)c2)cn1. The smallest absolute Gasteiger partial charge is 0.255 e. The van der Waals surface area contributed by atoms with Crippen LogP contribution >= 0.6 is 0 Å². The van der Waals surface area contributed by atoms with Gasteiger partial charge in [-0.15, -0.1) is 10.2 Å². The Bertz CT molecular complexity index is 1680. The number of nitrogens with two attached hydrogens (primary N) is 1. The van der Waals surface area contributed by atoms with Crippen molar-refractivity contribution in [1.29, 1.82) is 0 Å². The number of benzene rings is 2. The summed E-state index contributed by atoms with van der Waals surface area (Å²) in [7, 11) is 1.82. The molecule has 1 aliphatic rings. The molecule has 4 heterocycles. The zero-order valence-corrected chi connectivity index (χ0v) is 21.7. The fourth-order valence-electron chi connectivity index (χ4n) is 4.82. The van der Waals surface area contributed by atoms with Crippen LogP contribution in [0.25, 0.3) is 33.6 Å². The standard InChI is InChI=1S/C28H26N10O2/c1-37-15-22(14-31-37)21-12-24(25(29)30-13-21)27(39)32-23-9-10-38(16-23)28(40)18-7-5-17(6-8-18)19-3-2-4-20(11-19)26-33-35-36-34-26/h2-8,11-15,23H,9-10,16H2,1H3,(H2,29,30)(H,32,39)(H,33,34,35,36). The molecule has 1 saturated heterocycles. The second-order valence-corrected chi connectivity index (χ2v) is 9.66. The van der Waals surface area contributed by atoms with E-state index >= 15 is 0 Å². The molecule has 0 bridgehead atoms. The van der Waals surface area contributed by atoms with E-state index in [1.807, 2.05) is 61.8 Å². The first-order valence-electron chi connectivity index (χ1n) is 12.7. The first-order chi connectivity index (χ1) is 19.4. The van der Waals surface area contributed by atoms with Crippen LogP contribution in [0.1, 0.15) is 27.1 Å². The van der Waals surface area contributed by atoms with Gasteiger partial charge in [-0.25, -0.2) is 4.98 Å². The molecule has 40 heavy (non-hydrogen) atoms. The van der Waals surface area contributed by atoms with E-state index in [1.165, 1.54) is 0 Å². The lowest BCUT2D eigenvalue weighted by atomic mass is 10.0. The second kappa shape index (κ2) is 10.4. The lowest BCUT2D eigenvalue weighted by Crippen LogP contribution is -2.38. The summed E-state index contributed by atoms with van der Waals surface area (Å²) in [6, 6.07) is 16.8. The van der Waals surface area contributed by atoms with Crippen molar-refractivity contribution in [3.05, 3.63) is 84.3 Å². The Morgan fingerprint density at radius 1 is 1.00 bits per heavy atom. The van der Waals surface area contributed by atoms with Crippen molar-refractivity contribution in [3.8, 4) is 33.6 Å².